The monoisotopic (exact) mass is 467 g/mol. The maximum Gasteiger partial charge on any atom is 0.336 e. The molecular weight excluding hydrogens is 437 g/mol. The van der Waals surface area contributed by atoms with E-state index in [9.17, 15) is 24.5 Å². The zero-order valence-electron chi connectivity index (χ0n) is 19.4. The average Bonchev–Trinajstić information content (AvgIpc) is 3.30. The molecule has 0 radical (unpaired) electrons. The van der Waals surface area contributed by atoms with Crippen LogP contribution in [0.4, 0.5) is 4.39 Å². The summed E-state index contributed by atoms with van der Waals surface area (Å²) in [5.74, 6) is -1.49. The topological polar surface area (TPSA) is 108 Å². The van der Waals surface area contributed by atoms with Crippen LogP contribution in [0.1, 0.15) is 57.2 Å². The number of rotatable bonds is 2. The maximum absolute atomic E-state index is 13.3. The highest BCUT2D eigenvalue weighted by atomic mass is 19.1. The Hall–Kier alpha value is -2.58. The Morgan fingerprint density at radius 1 is 1.24 bits per heavy atom. The van der Waals surface area contributed by atoms with Gasteiger partial charge < -0.3 is 15.3 Å². The predicted octanol–water partition coefficient (Wildman–Crippen LogP) is 3.38. The lowest BCUT2D eigenvalue weighted by Crippen LogP contribution is -2.61. The van der Waals surface area contributed by atoms with E-state index in [1.165, 1.54) is 17.8 Å². The Balaban J connectivity index is 1.38. The highest BCUT2D eigenvalue weighted by Crippen LogP contribution is 2.67. The molecule has 6 rings (SSSR count). The molecule has 0 amide bonds. The van der Waals surface area contributed by atoms with Crippen LogP contribution in [0.15, 0.2) is 30.1 Å². The first kappa shape index (κ1) is 21.9. The maximum atomic E-state index is 13.3. The van der Waals surface area contributed by atoms with Crippen LogP contribution in [0.3, 0.4) is 0 Å². The van der Waals surface area contributed by atoms with E-state index in [1.807, 2.05) is 13.1 Å². The molecule has 8 heteroatoms. The Labute approximate surface area is 197 Å². The van der Waals surface area contributed by atoms with Gasteiger partial charge in [0.25, 0.3) is 0 Å². The van der Waals surface area contributed by atoms with E-state index in [-0.39, 0.29) is 36.0 Å². The van der Waals surface area contributed by atoms with Crippen LogP contribution < -0.4 is 0 Å². The first-order valence-corrected chi connectivity index (χ1v) is 12.1. The number of hydrogen-bond acceptors (Lipinski definition) is 5. The highest BCUT2D eigenvalue weighted by Gasteiger charge is 2.68. The van der Waals surface area contributed by atoms with Gasteiger partial charge in [0.2, 0.25) is 5.95 Å². The van der Waals surface area contributed by atoms with E-state index in [0.29, 0.717) is 12.1 Å². The van der Waals surface area contributed by atoms with E-state index in [2.05, 4.69) is 23.1 Å². The summed E-state index contributed by atoms with van der Waals surface area (Å²) in [6.45, 7) is 4.09. The number of hydrogen-bond donors (Lipinski definition) is 3. The molecule has 34 heavy (non-hydrogen) atoms. The van der Waals surface area contributed by atoms with Crippen LogP contribution in [-0.2, 0) is 11.2 Å². The standard InChI is InChI=1S/C26H30FN3O4/c1-24-10-14-12-29-30(16-4-6-21(27)28-13-16)19(14)9-15(24)3-5-17-18-7-8-26(34,23(32)33)25(18,2)11-20(31)22(17)24/h4,6,9,12-13,17-18,20,22,31,34H,3,5,7-8,10-11H2,1-2H3,(H,32,33)/t17-,18?,20-,22?,24-,25-,26-/m0/s1. The summed E-state index contributed by atoms with van der Waals surface area (Å²) < 4.78 is 15.1. The van der Waals surface area contributed by atoms with E-state index in [4.69, 9.17) is 0 Å². The summed E-state index contributed by atoms with van der Waals surface area (Å²) in [4.78, 5) is 15.8. The van der Waals surface area contributed by atoms with E-state index in [0.717, 1.165) is 30.5 Å². The molecule has 0 bridgehead atoms. The molecule has 3 saturated carbocycles. The summed E-state index contributed by atoms with van der Waals surface area (Å²) in [6.07, 6.45) is 8.45. The fourth-order valence-corrected chi connectivity index (χ4v) is 8.24. The number of allylic oxidation sites excluding steroid dienone is 1. The van der Waals surface area contributed by atoms with Crippen LogP contribution in [-0.4, -0.2) is 47.8 Å². The molecule has 2 aromatic rings. The molecular formula is C26H30FN3O4. The fourth-order valence-electron chi connectivity index (χ4n) is 8.24. The molecule has 0 aromatic carbocycles. The van der Waals surface area contributed by atoms with E-state index < -0.39 is 29.0 Å². The first-order valence-electron chi connectivity index (χ1n) is 12.1. The largest absolute Gasteiger partial charge is 0.479 e. The van der Waals surface area contributed by atoms with Crippen LogP contribution in [0, 0.1) is 34.5 Å². The van der Waals surface area contributed by atoms with Crippen molar-refractivity contribution >= 4 is 12.0 Å². The Bertz CT molecular complexity index is 1210. The first-order chi connectivity index (χ1) is 16.1. The number of nitrogens with zero attached hydrogens (tertiary/aromatic N) is 3. The van der Waals surface area contributed by atoms with Crippen LogP contribution in [0.5, 0.6) is 0 Å². The molecule has 0 spiro atoms. The molecule has 0 saturated heterocycles. The molecule has 180 valence electrons. The minimum Gasteiger partial charge on any atom is -0.479 e. The lowest BCUT2D eigenvalue weighted by Gasteiger charge is -2.60. The van der Waals surface area contributed by atoms with Gasteiger partial charge in [-0.2, -0.15) is 9.49 Å². The smallest absolute Gasteiger partial charge is 0.336 e. The van der Waals surface area contributed by atoms with Gasteiger partial charge in [-0.05, 0) is 85.5 Å². The highest BCUT2D eigenvalue weighted by molar-refractivity contribution is 5.79. The zero-order chi connectivity index (χ0) is 24.0. The molecule has 3 N–H and O–H groups in total. The number of aliphatic carboxylic acids is 1. The second-order valence-electron chi connectivity index (χ2n) is 11.3. The number of carbonyl (C=O) groups is 1. The van der Waals surface area contributed by atoms with Crippen molar-refractivity contribution in [3.63, 3.8) is 0 Å². The molecule has 2 unspecified atom stereocenters. The summed E-state index contributed by atoms with van der Waals surface area (Å²) in [6, 6.07) is 2.98. The summed E-state index contributed by atoms with van der Waals surface area (Å²) >= 11 is 0. The van der Waals surface area contributed by atoms with Crippen LogP contribution >= 0.6 is 0 Å². The number of carboxylic acids is 1. The van der Waals surface area contributed by atoms with Gasteiger partial charge in [-0.15, -0.1) is 0 Å². The summed E-state index contributed by atoms with van der Waals surface area (Å²) in [7, 11) is 0. The number of fused-ring (bicyclic) bond motifs is 6. The van der Waals surface area contributed by atoms with Crippen molar-refractivity contribution in [3.8, 4) is 5.69 Å². The summed E-state index contributed by atoms with van der Waals surface area (Å²) in [5.41, 5.74) is 1.12. The van der Waals surface area contributed by atoms with Crippen molar-refractivity contribution in [2.75, 3.05) is 0 Å². The minimum atomic E-state index is -1.79. The van der Waals surface area contributed by atoms with E-state index in [1.54, 1.807) is 10.7 Å². The third kappa shape index (κ3) is 2.67. The fraction of sp³-hybridized carbons (Fsp3) is 0.577. The number of carboxylic acid groups (broad SMARTS) is 1. The SMILES string of the molecule is C[C@]12Cc3cnn(-c4ccc(F)nc4)c3C=C1CC[C@@H]1C2[C@@H](O)C[C@@]2(C)C1CC[C@]2(O)C(=O)O. The zero-order valence-corrected chi connectivity index (χ0v) is 19.4. The lowest BCUT2D eigenvalue weighted by atomic mass is 9.45. The Kier molecular flexibility index (Phi) is 4.50. The molecule has 2 heterocycles. The predicted molar refractivity (Wildman–Crippen MR) is 121 cm³/mol. The van der Waals surface area contributed by atoms with Crippen molar-refractivity contribution in [1.29, 1.82) is 0 Å². The molecule has 3 fully saturated rings. The van der Waals surface area contributed by atoms with Gasteiger partial charge in [-0.25, -0.2) is 14.5 Å². The normalized spacial score (nSPS) is 40.6. The molecule has 7 atom stereocenters. The van der Waals surface area contributed by atoms with Crippen molar-refractivity contribution in [2.45, 2.75) is 64.1 Å². The average molecular weight is 468 g/mol. The minimum absolute atomic E-state index is 0.00860. The molecule has 7 nitrogen and oxygen atoms in total. The van der Waals surface area contributed by atoms with E-state index >= 15 is 0 Å². The molecule has 4 aliphatic rings. The Morgan fingerprint density at radius 2 is 2.03 bits per heavy atom. The van der Waals surface area contributed by atoms with Crippen molar-refractivity contribution in [3.05, 3.63) is 47.3 Å². The number of aliphatic hydroxyl groups is 2. The van der Waals surface area contributed by atoms with Gasteiger partial charge in [0.05, 0.1) is 29.9 Å². The third-order valence-electron chi connectivity index (χ3n) is 9.89. The Morgan fingerprint density at radius 3 is 2.74 bits per heavy atom. The van der Waals surface area contributed by atoms with Crippen LogP contribution in [0.25, 0.3) is 11.8 Å². The number of halogens is 1. The van der Waals surface area contributed by atoms with Gasteiger partial charge in [0.1, 0.15) is 0 Å². The van der Waals surface area contributed by atoms with Gasteiger partial charge in [-0.1, -0.05) is 19.4 Å². The van der Waals surface area contributed by atoms with Gasteiger partial charge in [-0.3, -0.25) is 0 Å². The molecule has 4 aliphatic carbocycles. The summed E-state index contributed by atoms with van der Waals surface area (Å²) in [5, 5.41) is 37.0. The number of pyridine rings is 1. The van der Waals surface area contributed by atoms with Crippen LogP contribution in [0.2, 0.25) is 0 Å². The third-order valence-corrected chi connectivity index (χ3v) is 9.89. The number of aromatic nitrogens is 3. The van der Waals surface area contributed by atoms with Gasteiger partial charge >= 0.3 is 5.97 Å². The van der Waals surface area contributed by atoms with Crippen molar-refractivity contribution in [1.82, 2.24) is 14.8 Å². The van der Waals surface area contributed by atoms with Crippen molar-refractivity contribution < 1.29 is 24.5 Å². The molecule has 0 aliphatic heterocycles. The van der Waals surface area contributed by atoms with Crippen molar-refractivity contribution in [2.24, 2.45) is 28.6 Å². The quantitative estimate of drug-likeness (QED) is 0.585. The lowest BCUT2D eigenvalue weighted by molar-refractivity contribution is -0.193. The number of aliphatic hydroxyl groups excluding tert-OH is 1. The second-order valence-corrected chi connectivity index (χ2v) is 11.3. The van der Waals surface area contributed by atoms with Gasteiger partial charge in [0.15, 0.2) is 5.60 Å². The van der Waals surface area contributed by atoms with Gasteiger partial charge in [0, 0.05) is 5.41 Å². The molecule has 2 aromatic heterocycles. The second kappa shape index (κ2) is 6.98.